The Morgan fingerprint density at radius 1 is 1.71 bits per heavy atom. The zero-order valence-electron chi connectivity index (χ0n) is 9.80. The Bertz CT molecular complexity index is 408. The van der Waals surface area contributed by atoms with E-state index in [0.29, 0.717) is 25.3 Å². The number of morpholine rings is 1. The Hall–Kier alpha value is -1.46. The quantitative estimate of drug-likeness (QED) is 0.798. The van der Waals surface area contributed by atoms with E-state index in [1.165, 1.54) is 0 Å². The molecule has 0 aromatic carbocycles. The molecule has 1 saturated heterocycles. The highest BCUT2D eigenvalue weighted by Crippen LogP contribution is 2.10. The number of carbonyl (C=O) groups excluding carboxylic acids is 1. The molecular formula is C12H16N2O3. The molecule has 1 unspecified atom stereocenters. The molecule has 2 rings (SSSR count). The van der Waals surface area contributed by atoms with Crippen molar-refractivity contribution in [3.63, 3.8) is 0 Å². The lowest BCUT2D eigenvalue weighted by Crippen LogP contribution is -2.46. The largest absolute Gasteiger partial charge is 0.394 e. The number of aliphatic hydroxyl groups is 1. The van der Waals surface area contributed by atoms with Gasteiger partial charge in [-0.2, -0.15) is 0 Å². The third-order valence-electron chi connectivity index (χ3n) is 2.77. The third kappa shape index (κ3) is 2.81. The molecule has 0 saturated carbocycles. The molecule has 1 aliphatic rings. The number of pyridine rings is 1. The first-order valence-electron chi connectivity index (χ1n) is 5.65. The molecule has 1 amide bonds. The molecule has 1 fully saturated rings. The summed E-state index contributed by atoms with van der Waals surface area (Å²) in [4.78, 5) is 17.9. The minimum atomic E-state index is -0.268. The van der Waals surface area contributed by atoms with Gasteiger partial charge >= 0.3 is 0 Å². The number of ether oxygens (including phenoxy) is 1. The van der Waals surface area contributed by atoms with Gasteiger partial charge in [0, 0.05) is 30.5 Å². The van der Waals surface area contributed by atoms with Crippen LogP contribution in [0.25, 0.3) is 0 Å². The Morgan fingerprint density at radius 3 is 3.24 bits per heavy atom. The molecule has 1 N–H and O–H groups in total. The lowest BCUT2D eigenvalue weighted by Gasteiger charge is -2.32. The second-order valence-corrected chi connectivity index (χ2v) is 4.11. The molecule has 1 aromatic rings. The summed E-state index contributed by atoms with van der Waals surface area (Å²) < 4.78 is 5.31. The average Bonchev–Trinajstić information content (AvgIpc) is 2.38. The minimum absolute atomic E-state index is 0.0303. The Labute approximate surface area is 100 Å². The predicted octanol–water partition coefficient (Wildman–Crippen LogP) is 0.223. The topological polar surface area (TPSA) is 62.7 Å². The van der Waals surface area contributed by atoms with Gasteiger partial charge in [0.1, 0.15) is 0 Å². The number of hydrogen-bond donors (Lipinski definition) is 1. The second-order valence-electron chi connectivity index (χ2n) is 4.11. The summed E-state index contributed by atoms with van der Waals surface area (Å²) in [7, 11) is 0. The van der Waals surface area contributed by atoms with E-state index in [2.05, 4.69) is 4.98 Å². The molecule has 92 valence electrons. The summed E-state index contributed by atoms with van der Waals surface area (Å²) in [6, 6.07) is 3.48. The van der Waals surface area contributed by atoms with Crippen LogP contribution < -0.4 is 0 Å². The van der Waals surface area contributed by atoms with Crippen LogP contribution in [0.2, 0.25) is 0 Å². The van der Waals surface area contributed by atoms with Crippen LogP contribution in [0, 0.1) is 6.92 Å². The summed E-state index contributed by atoms with van der Waals surface area (Å²) in [5.41, 5.74) is 1.46. The highest BCUT2D eigenvalue weighted by atomic mass is 16.5. The summed E-state index contributed by atoms with van der Waals surface area (Å²) in [5, 5.41) is 9.03. The van der Waals surface area contributed by atoms with Crippen molar-refractivity contribution >= 4 is 5.91 Å². The van der Waals surface area contributed by atoms with Crippen molar-refractivity contribution in [1.29, 1.82) is 0 Å². The molecule has 0 aliphatic carbocycles. The number of aryl methyl sites for hydroxylation is 1. The molecule has 2 heterocycles. The van der Waals surface area contributed by atoms with E-state index in [0.717, 1.165) is 5.69 Å². The minimum Gasteiger partial charge on any atom is -0.394 e. The van der Waals surface area contributed by atoms with Crippen LogP contribution in [0.15, 0.2) is 18.3 Å². The fourth-order valence-corrected chi connectivity index (χ4v) is 1.88. The molecule has 1 atom stereocenters. The second kappa shape index (κ2) is 5.25. The van der Waals surface area contributed by atoms with Crippen LogP contribution in [0.1, 0.15) is 16.1 Å². The van der Waals surface area contributed by atoms with Gasteiger partial charge < -0.3 is 14.7 Å². The van der Waals surface area contributed by atoms with Crippen LogP contribution in [0.3, 0.4) is 0 Å². The molecule has 0 bridgehead atoms. The Balaban J connectivity index is 2.09. The SMILES string of the molecule is Cc1cc(C(=O)N2CCOC(CO)C2)ccn1. The van der Waals surface area contributed by atoms with Crippen LogP contribution in [0.5, 0.6) is 0 Å². The predicted molar refractivity (Wildman–Crippen MR) is 61.7 cm³/mol. The highest BCUT2D eigenvalue weighted by molar-refractivity contribution is 5.94. The zero-order chi connectivity index (χ0) is 12.3. The fraction of sp³-hybridized carbons (Fsp3) is 0.500. The lowest BCUT2D eigenvalue weighted by atomic mass is 10.2. The summed E-state index contributed by atoms with van der Waals surface area (Å²) in [6.07, 6.45) is 1.36. The maximum atomic E-state index is 12.2. The van der Waals surface area contributed by atoms with Gasteiger partial charge in [-0.25, -0.2) is 0 Å². The van der Waals surface area contributed by atoms with Crippen LogP contribution >= 0.6 is 0 Å². The number of aliphatic hydroxyl groups excluding tert-OH is 1. The van der Waals surface area contributed by atoms with Crippen LogP contribution in [0.4, 0.5) is 0 Å². The molecular weight excluding hydrogens is 220 g/mol. The van der Waals surface area contributed by atoms with Crippen molar-refractivity contribution in [2.75, 3.05) is 26.3 Å². The smallest absolute Gasteiger partial charge is 0.254 e. The molecule has 0 spiro atoms. The average molecular weight is 236 g/mol. The van der Waals surface area contributed by atoms with Crippen molar-refractivity contribution in [2.24, 2.45) is 0 Å². The number of hydrogen-bond acceptors (Lipinski definition) is 4. The normalized spacial score (nSPS) is 20.4. The lowest BCUT2D eigenvalue weighted by molar-refractivity contribution is -0.0447. The van der Waals surface area contributed by atoms with Gasteiger partial charge in [0.05, 0.1) is 19.3 Å². The van der Waals surface area contributed by atoms with Crippen molar-refractivity contribution in [3.05, 3.63) is 29.6 Å². The van der Waals surface area contributed by atoms with Gasteiger partial charge in [0.15, 0.2) is 0 Å². The van der Waals surface area contributed by atoms with Gasteiger partial charge in [0.2, 0.25) is 0 Å². The standard InChI is InChI=1S/C12H16N2O3/c1-9-6-10(2-3-13-9)12(16)14-4-5-17-11(7-14)8-15/h2-3,6,11,15H,4-5,7-8H2,1H3. The number of carbonyl (C=O) groups is 1. The van der Waals surface area contributed by atoms with Crippen molar-refractivity contribution in [3.8, 4) is 0 Å². The monoisotopic (exact) mass is 236 g/mol. The highest BCUT2D eigenvalue weighted by Gasteiger charge is 2.24. The Morgan fingerprint density at radius 2 is 2.53 bits per heavy atom. The summed E-state index contributed by atoms with van der Waals surface area (Å²) in [6.45, 7) is 3.28. The first kappa shape index (κ1) is 12.0. The molecule has 1 aliphatic heterocycles. The maximum absolute atomic E-state index is 12.2. The van der Waals surface area contributed by atoms with Crippen molar-refractivity contribution in [2.45, 2.75) is 13.0 Å². The van der Waals surface area contributed by atoms with E-state index in [-0.39, 0.29) is 18.6 Å². The number of amides is 1. The first-order valence-corrected chi connectivity index (χ1v) is 5.65. The maximum Gasteiger partial charge on any atom is 0.254 e. The number of rotatable bonds is 2. The van der Waals surface area contributed by atoms with Gasteiger partial charge in [-0.1, -0.05) is 0 Å². The van der Waals surface area contributed by atoms with E-state index < -0.39 is 0 Å². The summed E-state index contributed by atoms with van der Waals surface area (Å²) in [5.74, 6) is -0.0303. The first-order chi connectivity index (χ1) is 8.20. The van der Waals surface area contributed by atoms with Gasteiger partial charge in [-0.15, -0.1) is 0 Å². The molecule has 5 heteroatoms. The van der Waals surface area contributed by atoms with Crippen LogP contribution in [-0.2, 0) is 4.74 Å². The molecule has 17 heavy (non-hydrogen) atoms. The number of aromatic nitrogens is 1. The Kier molecular flexibility index (Phi) is 3.71. The zero-order valence-corrected chi connectivity index (χ0v) is 9.80. The van der Waals surface area contributed by atoms with E-state index in [4.69, 9.17) is 9.84 Å². The van der Waals surface area contributed by atoms with Gasteiger partial charge in [-0.3, -0.25) is 9.78 Å². The molecule has 1 aromatic heterocycles. The van der Waals surface area contributed by atoms with Crippen LogP contribution in [-0.4, -0.2) is 53.3 Å². The van der Waals surface area contributed by atoms with Gasteiger partial charge in [0.25, 0.3) is 5.91 Å². The number of nitrogens with zero attached hydrogens (tertiary/aromatic N) is 2. The molecule has 0 radical (unpaired) electrons. The third-order valence-corrected chi connectivity index (χ3v) is 2.77. The van der Waals surface area contributed by atoms with E-state index >= 15 is 0 Å². The summed E-state index contributed by atoms with van der Waals surface area (Å²) >= 11 is 0. The van der Waals surface area contributed by atoms with E-state index in [9.17, 15) is 4.79 Å². The van der Waals surface area contributed by atoms with Gasteiger partial charge in [-0.05, 0) is 19.1 Å². The van der Waals surface area contributed by atoms with Crippen molar-refractivity contribution in [1.82, 2.24) is 9.88 Å². The molecule has 5 nitrogen and oxygen atoms in total. The van der Waals surface area contributed by atoms with E-state index in [1.807, 2.05) is 6.92 Å². The van der Waals surface area contributed by atoms with E-state index in [1.54, 1.807) is 23.2 Å². The van der Waals surface area contributed by atoms with Crippen molar-refractivity contribution < 1.29 is 14.6 Å². The fourth-order valence-electron chi connectivity index (χ4n) is 1.88.